The maximum atomic E-state index is 8.53. The Labute approximate surface area is 300 Å². The van der Waals surface area contributed by atoms with Crippen molar-refractivity contribution in [1.29, 1.82) is 0 Å². The molecular weight excluding hydrogens is 593 g/mol. The second-order valence-corrected chi connectivity index (χ2v) is 11.9. The van der Waals surface area contributed by atoms with Gasteiger partial charge < -0.3 is 0 Å². The summed E-state index contributed by atoms with van der Waals surface area (Å²) >= 11 is 0. The van der Waals surface area contributed by atoms with Crippen LogP contribution in [0.15, 0.2) is 176 Å². The Morgan fingerprint density at radius 3 is 1.49 bits per heavy atom. The van der Waals surface area contributed by atoms with Crippen molar-refractivity contribution < 1.29 is 13.7 Å². The highest BCUT2D eigenvalue weighted by molar-refractivity contribution is 6.21. The SMILES string of the molecule is [2H]c1c([2H])c([2H])c(-c2ccc(-c3c4ccccc4c(-c4ccc(-c5ccc(-n6c(C([2H])([2H])C([2H])([2H])[2H])nc7ccccc76)cc5)cc4)c4ccccc34)cc2)c([2H])c1[2H]. The van der Waals surface area contributed by atoms with Crippen LogP contribution in [0.25, 0.3) is 82.8 Å². The molecule has 1 heterocycles. The summed E-state index contributed by atoms with van der Waals surface area (Å²) in [5.41, 5.74) is 8.42. The lowest BCUT2D eigenvalue weighted by molar-refractivity contribution is 0.908. The number of para-hydroxylation sites is 2. The number of hydrogen-bond acceptors (Lipinski definition) is 1. The highest BCUT2D eigenvalue weighted by Gasteiger charge is 2.17. The van der Waals surface area contributed by atoms with Crippen molar-refractivity contribution >= 4 is 32.6 Å². The zero-order valence-electron chi connectivity index (χ0n) is 36.3. The van der Waals surface area contributed by atoms with Crippen LogP contribution in [0.5, 0.6) is 0 Å². The van der Waals surface area contributed by atoms with Gasteiger partial charge in [-0.15, -0.1) is 0 Å². The number of rotatable bonds is 6. The van der Waals surface area contributed by atoms with Crippen LogP contribution in [0.4, 0.5) is 0 Å². The first kappa shape index (κ1) is 20.2. The Bertz CT molecular complexity index is 3010. The monoisotopic (exact) mass is 636 g/mol. The minimum absolute atomic E-state index is 0.170. The van der Waals surface area contributed by atoms with E-state index in [-0.39, 0.29) is 35.6 Å². The Hall–Kier alpha value is -6.25. The van der Waals surface area contributed by atoms with Gasteiger partial charge >= 0.3 is 0 Å². The molecule has 8 aromatic carbocycles. The number of imidazole rings is 1. The van der Waals surface area contributed by atoms with Gasteiger partial charge in [0.15, 0.2) is 0 Å². The van der Waals surface area contributed by atoms with Crippen molar-refractivity contribution in [3.05, 3.63) is 182 Å². The second kappa shape index (κ2) is 12.1. The maximum Gasteiger partial charge on any atom is 0.114 e. The van der Waals surface area contributed by atoms with Crippen molar-refractivity contribution in [3.63, 3.8) is 0 Å². The Balaban J connectivity index is 1.10. The zero-order chi connectivity index (χ0) is 41.4. The third kappa shape index (κ3) is 5.01. The van der Waals surface area contributed by atoms with Gasteiger partial charge in [0.1, 0.15) is 5.82 Å². The molecule has 9 rings (SSSR count). The van der Waals surface area contributed by atoms with E-state index in [1.165, 1.54) is 0 Å². The number of aromatic nitrogens is 2. The average Bonchev–Trinajstić information content (AvgIpc) is 3.65. The second-order valence-electron chi connectivity index (χ2n) is 11.9. The number of nitrogens with zero attached hydrogens (tertiary/aromatic N) is 2. The first-order valence-corrected chi connectivity index (χ1v) is 16.1. The molecule has 9 aromatic rings. The molecule has 0 bridgehead atoms. The van der Waals surface area contributed by atoms with Crippen LogP contribution < -0.4 is 0 Å². The minimum Gasteiger partial charge on any atom is -0.296 e. The average molecular weight is 637 g/mol. The number of aryl methyl sites for hydroxylation is 1. The summed E-state index contributed by atoms with van der Waals surface area (Å²) in [6.07, 6.45) is -2.69. The Morgan fingerprint density at radius 2 is 0.959 bits per heavy atom. The normalized spacial score (nSPS) is 14.9. The molecule has 0 aliphatic heterocycles. The van der Waals surface area contributed by atoms with E-state index in [0.29, 0.717) is 22.3 Å². The molecule has 1 aromatic heterocycles. The molecule has 0 atom stereocenters. The molecule has 2 nitrogen and oxygen atoms in total. The van der Waals surface area contributed by atoms with Crippen molar-refractivity contribution in [2.75, 3.05) is 0 Å². The van der Waals surface area contributed by atoms with Gasteiger partial charge in [-0.3, -0.25) is 4.57 Å². The Kier molecular flexibility index (Phi) is 4.98. The predicted molar refractivity (Wildman–Crippen MR) is 207 cm³/mol. The molecule has 0 unspecified atom stereocenters. The molecule has 0 fully saturated rings. The lowest BCUT2D eigenvalue weighted by Gasteiger charge is -2.18. The Morgan fingerprint density at radius 1 is 0.510 bits per heavy atom. The summed E-state index contributed by atoms with van der Waals surface area (Å²) in [6, 6.07) is 45.6. The first-order chi connectivity index (χ1) is 28.3. The highest BCUT2D eigenvalue weighted by atomic mass is 15.1. The van der Waals surface area contributed by atoms with Crippen LogP contribution in [-0.4, -0.2) is 9.55 Å². The molecule has 0 N–H and O–H groups in total. The molecule has 0 saturated carbocycles. The smallest absolute Gasteiger partial charge is 0.114 e. The number of hydrogen-bond donors (Lipinski definition) is 0. The first-order valence-electron chi connectivity index (χ1n) is 21.1. The van der Waals surface area contributed by atoms with Crippen LogP contribution >= 0.6 is 0 Å². The summed E-state index contributed by atoms with van der Waals surface area (Å²) in [5, 5.41) is 4.22. The fourth-order valence-electron chi connectivity index (χ4n) is 6.95. The number of fused-ring (bicyclic) bond motifs is 3. The van der Waals surface area contributed by atoms with Crippen LogP contribution in [-0.2, 0) is 6.37 Å². The third-order valence-corrected chi connectivity index (χ3v) is 9.20. The number of benzene rings is 8. The van der Waals surface area contributed by atoms with Gasteiger partial charge in [-0.2, -0.15) is 0 Å². The largest absolute Gasteiger partial charge is 0.296 e. The molecule has 232 valence electrons. The van der Waals surface area contributed by atoms with E-state index in [1.54, 1.807) is 22.8 Å². The summed E-state index contributed by atoms with van der Waals surface area (Å²) < 4.78 is 83.6. The van der Waals surface area contributed by atoms with Crippen molar-refractivity contribution in [2.45, 2.75) is 13.2 Å². The fourth-order valence-corrected chi connectivity index (χ4v) is 6.95. The molecule has 0 aliphatic rings. The standard InChI is InChI=1S/C47H34N2/c1-2-45-48-43-18-10-11-19-44(43)49(45)38-30-28-35(29-31-38)34-22-26-37(27-23-34)47-41-16-8-6-14-39(41)46(40-15-7-9-17-42(40)47)36-24-20-33(21-25-36)32-12-4-3-5-13-32/h3-31H,2H2,1H3/i1D3,2D2,3D,4D,5D,12D,13D. The highest BCUT2D eigenvalue weighted by Crippen LogP contribution is 2.44. The molecule has 49 heavy (non-hydrogen) atoms. The van der Waals surface area contributed by atoms with Crippen LogP contribution in [0.3, 0.4) is 0 Å². The van der Waals surface area contributed by atoms with E-state index >= 15 is 0 Å². The molecule has 0 radical (unpaired) electrons. The third-order valence-electron chi connectivity index (χ3n) is 9.20. The predicted octanol–water partition coefficient (Wildman–Crippen LogP) is 12.6. The van der Waals surface area contributed by atoms with Gasteiger partial charge in [-0.1, -0.05) is 158 Å². The maximum absolute atomic E-state index is 8.53. The fraction of sp³-hybridized carbons (Fsp3) is 0.0426. The van der Waals surface area contributed by atoms with E-state index in [2.05, 4.69) is 53.5 Å². The van der Waals surface area contributed by atoms with Gasteiger partial charge in [0.2, 0.25) is 0 Å². The van der Waals surface area contributed by atoms with Crippen LogP contribution in [0.2, 0.25) is 0 Å². The topological polar surface area (TPSA) is 17.8 Å². The van der Waals surface area contributed by atoms with Crippen molar-refractivity contribution in [2.24, 2.45) is 0 Å². The van der Waals surface area contributed by atoms with Crippen molar-refractivity contribution in [3.8, 4) is 50.2 Å². The van der Waals surface area contributed by atoms with Crippen molar-refractivity contribution in [1.82, 2.24) is 9.55 Å². The van der Waals surface area contributed by atoms with Gasteiger partial charge in [-0.05, 0) is 90.3 Å². The van der Waals surface area contributed by atoms with E-state index in [4.69, 9.17) is 13.7 Å². The quantitative estimate of drug-likeness (QED) is 0.166. The minimum atomic E-state index is -2.92. The zero-order valence-corrected chi connectivity index (χ0v) is 26.3. The van der Waals surface area contributed by atoms with E-state index in [1.807, 2.05) is 78.9 Å². The van der Waals surface area contributed by atoms with Crippen LogP contribution in [0, 0.1) is 0 Å². The van der Waals surface area contributed by atoms with E-state index in [0.717, 1.165) is 54.9 Å². The molecule has 0 saturated heterocycles. The van der Waals surface area contributed by atoms with E-state index in [9.17, 15) is 0 Å². The lowest BCUT2D eigenvalue weighted by Crippen LogP contribution is -1.99. The molecule has 0 amide bonds. The van der Waals surface area contributed by atoms with E-state index < -0.39 is 19.3 Å². The molecular formula is C47H34N2. The van der Waals surface area contributed by atoms with Gasteiger partial charge in [0, 0.05) is 18.9 Å². The molecule has 0 aliphatic carbocycles. The molecule has 2 heteroatoms. The molecule has 0 spiro atoms. The summed E-state index contributed by atoms with van der Waals surface area (Å²) in [5.74, 6) is -0.174. The summed E-state index contributed by atoms with van der Waals surface area (Å²) in [6.45, 7) is -2.92. The van der Waals surface area contributed by atoms with Gasteiger partial charge in [-0.25, -0.2) is 4.98 Å². The van der Waals surface area contributed by atoms with Gasteiger partial charge in [0.05, 0.1) is 17.9 Å². The van der Waals surface area contributed by atoms with Gasteiger partial charge in [0.25, 0.3) is 0 Å². The van der Waals surface area contributed by atoms with Crippen LogP contribution in [0.1, 0.15) is 26.4 Å². The summed E-state index contributed by atoms with van der Waals surface area (Å²) in [4.78, 5) is 4.44. The lowest BCUT2D eigenvalue weighted by atomic mass is 9.85. The summed E-state index contributed by atoms with van der Waals surface area (Å²) in [7, 11) is 0.